The first-order valence-electron chi connectivity index (χ1n) is 5.57. The number of carbonyl (C=O) groups is 1. The van der Waals surface area contributed by atoms with Crippen LogP contribution in [0.25, 0.3) is 0 Å². The summed E-state index contributed by atoms with van der Waals surface area (Å²) in [5.41, 5.74) is 0. The van der Waals surface area contributed by atoms with Crippen molar-refractivity contribution in [3.8, 4) is 0 Å². The van der Waals surface area contributed by atoms with Gasteiger partial charge in [-0.2, -0.15) is 0 Å². The standard InChI is InChI=1S/C11H18F2O2/c1-2-3-4-5-6-8-9(7-10(14)15)11(8,12)13/h8-9H,2-7H2,1H3,(H,14,15)/p-1. The minimum atomic E-state index is -2.76. The second-order valence-electron chi connectivity index (χ2n) is 4.31. The van der Waals surface area contributed by atoms with E-state index in [2.05, 4.69) is 6.92 Å². The van der Waals surface area contributed by atoms with E-state index in [0.29, 0.717) is 6.42 Å². The van der Waals surface area contributed by atoms with Crippen LogP contribution in [0, 0.1) is 11.8 Å². The Balaban J connectivity index is 2.22. The quantitative estimate of drug-likeness (QED) is 0.614. The van der Waals surface area contributed by atoms with E-state index < -0.39 is 30.1 Å². The van der Waals surface area contributed by atoms with Crippen molar-refractivity contribution in [2.45, 2.75) is 51.4 Å². The molecule has 15 heavy (non-hydrogen) atoms. The predicted molar refractivity (Wildman–Crippen MR) is 50.3 cm³/mol. The van der Waals surface area contributed by atoms with Crippen molar-refractivity contribution in [2.24, 2.45) is 11.8 Å². The summed E-state index contributed by atoms with van der Waals surface area (Å²) in [4.78, 5) is 10.2. The Morgan fingerprint density at radius 1 is 1.27 bits per heavy atom. The van der Waals surface area contributed by atoms with Gasteiger partial charge in [-0.05, 0) is 12.8 Å². The van der Waals surface area contributed by atoms with Crippen LogP contribution in [-0.4, -0.2) is 11.9 Å². The Morgan fingerprint density at radius 2 is 1.93 bits per heavy atom. The summed E-state index contributed by atoms with van der Waals surface area (Å²) in [6.07, 6.45) is 3.82. The zero-order chi connectivity index (χ0) is 11.5. The third kappa shape index (κ3) is 3.14. The van der Waals surface area contributed by atoms with Gasteiger partial charge in [0, 0.05) is 17.8 Å². The predicted octanol–water partition coefficient (Wildman–Crippen LogP) is 1.98. The lowest BCUT2D eigenvalue weighted by Gasteiger charge is -1.99. The smallest absolute Gasteiger partial charge is 0.255 e. The van der Waals surface area contributed by atoms with Crippen LogP contribution in [0.1, 0.15) is 45.4 Å². The van der Waals surface area contributed by atoms with Crippen molar-refractivity contribution < 1.29 is 18.7 Å². The number of carboxylic acid groups (broad SMARTS) is 1. The zero-order valence-electron chi connectivity index (χ0n) is 8.97. The molecule has 2 atom stereocenters. The van der Waals surface area contributed by atoms with Crippen molar-refractivity contribution in [3.63, 3.8) is 0 Å². The summed E-state index contributed by atoms with van der Waals surface area (Å²) in [5.74, 6) is -5.81. The van der Waals surface area contributed by atoms with E-state index >= 15 is 0 Å². The maximum Gasteiger partial charge on any atom is 0.255 e. The molecular formula is C11H17F2O2-. The number of carboxylic acids is 1. The van der Waals surface area contributed by atoms with Crippen molar-refractivity contribution in [1.82, 2.24) is 0 Å². The first-order valence-corrected chi connectivity index (χ1v) is 5.57. The second-order valence-corrected chi connectivity index (χ2v) is 4.31. The first-order chi connectivity index (χ1) is 7.00. The number of hydrogen-bond acceptors (Lipinski definition) is 2. The van der Waals surface area contributed by atoms with Gasteiger partial charge in [-0.1, -0.05) is 32.6 Å². The molecule has 0 spiro atoms. The van der Waals surface area contributed by atoms with Crippen LogP contribution in [0.4, 0.5) is 8.78 Å². The maximum atomic E-state index is 13.0. The highest BCUT2D eigenvalue weighted by atomic mass is 19.3. The molecule has 0 radical (unpaired) electrons. The van der Waals surface area contributed by atoms with E-state index in [1.54, 1.807) is 0 Å². The molecule has 1 fully saturated rings. The molecular weight excluding hydrogens is 202 g/mol. The van der Waals surface area contributed by atoms with Gasteiger partial charge in [0.25, 0.3) is 5.92 Å². The van der Waals surface area contributed by atoms with E-state index in [1.807, 2.05) is 0 Å². The molecule has 0 aromatic heterocycles. The maximum absolute atomic E-state index is 13.0. The SMILES string of the molecule is CCCCCCC1C(CC(=O)[O-])C1(F)F. The number of aliphatic carboxylic acids is 1. The van der Waals surface area contributed by atoms with Gasteiger partial charge in [-0.25, -0.2) is 8.78 Å². The van der Waals surface area contributed by atoms with Crippen LogP contribution in [0.3, 0.4) is 0 Å². The normalized spacial score (nSPS) is 27.7. The van der Waals surface area contributed by atoms with Crippen molar-refractivity contribution >= 4 is 5.97 Å². The summed E-state index contributed by atoms with van der Waals surface area (Å²) in [5, 5.41) is 10.2. The number of halogens is 2. The fourth-order valence-corrected chi connectivity index (χ4v) is 2.10. The Morgan fingerprint density at radius 3 is 2.47 bits per heavy atom. The Bertz CT molecular complexity index is 229. The van der Waals surface area contributed by atoms with Gasteiger partial charge < -0.3 is 9.90 Å². The van der Waals surface area contributed by atoms with Gasteiger partial charge >= 0.3 is 0 Å². The van der Waals surface area contributed by atoms with E-state index in [4.69, 9.17) is 0 Å². The van der Waals surface area contributed by atoms with E-state index in [9.17, 15) is 18.7 Å². The highest BCUT2D eigenvalue weighted by Crippen LogP contribution is 2.59. The molecule has 0 saturated heterocycles. The molecule has 4 heteroatoms. The van der Waals surface area contributed by atoms with Gasteiger partial charge in [0.05, 0.1) is 0 Å². The molecule has 2 nitrogen and oxygen atoms in total. The molecule has 0 N–H and O–H groups in total. The van der Waals surface area contributed by atoms with Gasteiger partial charge in [0.1, 0.15) is 0 Å². The molecule has 1 saturated carbocycles. The van der Waals surface area contributed by atoms with Gasteiger partial charge in [-0.3, -0.25) is 0 Å². The van der Waals surface area contributed by atoms with Crippen molar-refractivity contribution in [3.05, 3.63) is 0 Å². The van der Waals surface area contributed by atoms with Crippen molar-refractivity contribution in [2.75, 3.05) is 0 Å². The lowest BCUT2D eigenvalue weighted by molar-refractivity contribution is -0.306. The van der Waals surface area contributed by atoms with Gasteiger partial charge in [-0.15, -0.1) is 0 Å². The van der Waals surface area contributed by atoms with E-state index in [-0.39, 0.29) is 0 Å². The summed E-state index contributed by atoms with van der Waals surface area (Å²) in [6.45, 7) is 2.06. The average Bonchev–Trinajstić information content (AvgIpc) is 2.62. The summed E-state index contributed by atoms with van der Waals surface area (Å²) in [7, 11) is 0. The molecule has 0 bridgehead atoms. The van der Waals surface area contributed by atoms with E-state index in [0.717, 1.165) is 25.7 Å². The molecule has 0 aromatic carbocycles. The Kier molecular flexibility index (Phi) is 4.05. The molecule has 0 aromatic rings. The topological polar surface area (TPSA) is 40.1 Å². The summed E-state index contributed by atoms with van der Waals surface area (Å²) in [6, 6.07) is 0. The highest BCUT2D eigenvalue weighted by molar-refractivity contribution is 5.65. The van der Waals surface area contributed by atoms with Crippen LogP contribution in [0.2, 0.25) is 0 Å². The Labute approximate surface area is 88.7 Å². The summed E-state index contributed by atoms with van der Waals surface area (Å²) >= 11 is 0. The van der Waals surface area contributed by atoms with Crippen LogP contribution < -0.4 is 5.11 Å². The number of rotatable bonds is 7. The summed E-state index contributed by atoms with van der Waals surface area (Å²) < 4.78 is 26.1. The fraction of sp³-hybridized carbons (Fsp3) is 0.909. The monoisotopic (exact) mass is 219 g/mol. The Hall–Kier alpha value is -0.670. The van der Waals surface area contributed by atoms with Gasteiger partial charge in [0.2, 0.25) is 0 Å². The fourth-order valence-electron chi connectivity index (χ4n) is 2.10. The minimum Gasteiger partial charge on any atom is -0.550 e. The van der Waals surface area contributed by atoms with Gasteiger partial charge in [0.15, 0.2) is 0 Å². The molecule has 2 unspecified atom stereocenters. The van der Waals surface area contributed by atoms with Crippen LogP contribution in [0.15, 0.2) is 0 Å². The second kappa shape index (κ2) is 4.90. The minimum absolute atomic E-state index is 0.449. The number of hydrogen-bond donors (Lipinski definition) is 0. The number of alkyl halides is 2. The third-order valence-electron chi connectivity index (χ3n) is 3.12. The number of carbonyl (C=O) groups excluding carboxylic acids is 1. The van der Waals surface area contributed by atoms with Crippen LogP contribution in [-0.2, 0) is 4.79 Å². The number of unbranched alkanes of at least 4 members (excludes halogenated alkanes) is 3. The third-order valence-corrected chi connectivity index (χ3v) is 3.12. The lowest BCUT2D eigenvalue weighted by Crippen LogP contribution is -2.23. The molecule has 1 aliphatic rings. The molecule has 1 aliphatic carbocycles. The van der Waals surface area contributed by atoms with Crippen LogP contribution in [0.5, 0.6) is 0 Å². The van der Waals surface area contributed by atoms with E-state index in [1.165, 1.54) is 0 Å². The molecule has 0 heterocycles. The molecule has 0 amide bonds. The van der Waals surface area contributed by atoms with Crippen LogP contribution >= 0.6 is 0 Å². The molecule has 1 rings (SSSR count). The molecule has 88 valence electrons. The lowest BCUT2D eigenvalue weighted by atomic mass is 10.1. The van der Waals surface area contributed by atoms with Crippen molar-refractivity contribution in [1.29, 1.82) is 0 Å². The molecule has 0 aliphatic heterocycles. The zero-order valence-corrected chi connectivity index (χ0v) is 8.97. The first kappa shape index (κ1) is 12.4. The largest absolute Gasteiger partial charge is 0.550 e. The average molecular weight is 219 g/mol. The highest BCUT2D eigenvalue weighted by Gasteiger charge is 2.66.